The van der Waals surface area contributed by atoms with Gasteiger partial charge >= 0.3 is 0 Å². The van der Waals surface area contributed by atoms with Crippen molar-refractivity contribution in [2.45, 2.75) is 31.7 Å². The largest absolute Gasteiger partial charge is 0.334 e. The van der Waals surface area contributed by atoms with Crippen LogP contribution in [0.25, 0.3) is 0 Å². The Bertz CT molecular complexity index is 606. The van der Waals surface area contributed by atoms with Crippen LogP contribution in [-0.2, 0) is 13.5 Å². The highest BCUT2D eigenvalue weighted by molar-refractivity contribution is 5.92. The molecule has 2 aromatic rings. The standard InChI is InChI=1S/C17H21N3O/c1-19-16(11-12-18-19)17(21)20-13-5-8-15(20)10-9-14-6-3-2-4-7-14/h2-4,6-7,11-12,15H,5,8-10,13H2,1H3. The molecule has 21 heavy (non-hydrogen) atoms. The van der Waals surface area contributed by atoms with E-state index in [9.17, 15) is 4.79 Å². The second kappa shape index (κ2) is 6.12. The third-order valence-corrected chi connectivity index (χ3v) is 4.29. The van der Waals surface area contributed by atoms with Crippen molar-refractivity contribution in [2.75, 3.05) is 6.54 Å². The van der Waals surface area contributed by atoms with Crippen LogP contribution >= 0.6 is 0 Å². The quantitative estimate of drug-likeness (QED) is 0.865. The molecule has 2 heterocycles. The maximum absolute atomic E-state index is 12.6. The molecule has 1 atom stereocenters. The van der Waals surface area contributed by atoms with Gasteiger partial charge in [-0.15, -0.1) is 0 Å². The van der Waals surface area contributed by atoms with Crippen molar-refractivity contribution >= 4 is 5.91 Å². The molecule has 0 spiro atoms. The second-order valence-electron chi connectivity index (χ2n) is 5.66. The first kappa shape index (κ1) is 13.9. The molecule has 0 saturated carbocycles. The molecule has 0 N–H and O–H groups in total. The summed E-state index contributed by atoms with van der Waals surface area (Å²) in [5.41, 5.74) is 2.03. The molecule has 0 aliphatic carbocycles. The number of likely N-dealkylation sites (tertiary alicyclic amines) is 1. The maximum Gasteiger partial charge on any atom is 0.272 e. The molecule has 110 valence electrons. The number of hydrogen-bond acceptors (Lipinski definition) is 2. The van der Waals surface area contributed by atoms with Crippen LogP contribution in [0.4, 0.5) is 0 Å². The molecule has 1 aromatic carbocycles. The van der Waals surface area contributed by atoms with Gasteiger partial charge in [0.1, 0.15) is 5.69 Å². The lowest BCUT2D eigenvalue weighted by molar-refractivity contribution is 0.0719. The Balaban J connectivity index is 1.65. The van der Waals surface area contributed by atoms with Gasteiger partial charge in [0.15, 0.2) is 0 Å². The van der Waals surface area contributed by atoms with Crippen LogP contribution < -0.4 is 0 Å². The molecule has 0 radical (unpaired) electrons. The van der Waals surface area contributed by atoms with Gasteiger partial charge in [-0.05, 0) is 37.3 Å². The normalized spacial score (nSPS) is 18.1. The number of carbonyl (C=O) groups excluding carboxylic acids is 1. The van der Waals surface area contributed by atoms with Crippen LogP contribution in [0.5, 0.6) is 0 Å². The average molecular weight is 283 g/mol. The topological polar surface area (TPSA) is 38.1 Å². The fourth-order valence-electron chi connectivity index (χ4n) is 3.11. The highest BCUT2D eigenvalue weighted by Crippen LogP contribution is 2.23. The third kappa shape index (κ3) is 2.99. The van der Waals surface area contributed by atoms with E-state index < -0.39 is 0 Å². The third-order valence-electron chi connectivity index (χ3n) is 4.29. The average Bonchev–Trinajstić information content (AvgIpc) is 3.14. The van der Waals surface area contributed by atoms with E-state index in [2.05, 4.69) is 29.4 Å². The lowest BCUT2D eigenvalue weighted by Gasteiger charge is -2.24. The second-order valence-corrected chi connectivity index (χ2v) is 5.66. The van der Waals surface area contributed by atoms with Crippen LogP contribution in [0.1, 0.15) is 35.3 Å². The van der Waals surface area contributed by atoms with Crippen molar-refractivity contribution < 1.29 is 4.79 Å². The molecule has 1 aliphatic heterocycles. The monoisotopic (exact) mass is 283 g/mol. The van der Waals surface area contributed by atoms with Crippen LogP contribution in [0.15, 0.2) is 42.6 Å². The summed E-state index contributed by atoms with van der Waals surface area (Å²) >= 11 is 0. The van der Waals surface area contributed by atoms with Gasteiger partial charge in [0, 0.05) is 25.8 Å². The first-order chi connectivity index (χ1) is 10.3. The molecule has 1 fully saturated rings. The summed E-state index contributed by atoms with van der Waals surface area (Å²) in [6.45, 7) is 0.865. The lowest BCUT2D eigenvalue weighted by Crippen LogP contribution is -2.36. The van der Waals surface area contributed by atoms with Gasteiger partial charge in [-0.25, -0.2) is 0 Å². The first-order valence-corrected chi connectivity index (χ1v) is 7.58. The number of aromatic nitrogens is 2. The van der Waals surface area contributed by atoms with E-state index >= 15 is 0 Å². The summed E-state index contributed by atoms with van der Waals surface area (Å²) in [4.78, 5) is 14.6. The number of amides is 1. The number of rotatable bonds is 4. The Morgan fingerprint density at radius 2 is 2.10 bits per heavy atom. The van der Waals surface area contributed by atoms with Gasteiger partial charge in [0.05, 0.1) is 0 Å². The molecule has 1 unspecified atom stereocenters. The van der Waals surface area contributed by atoms with Crippen molar-refractivity contribution in [1.82, 2.24) is 14.7 Å². The predicted molar refractivity (Wildman–Crippen MR) is 82.0 cm³/mol. The minimum absolute atomic E-state index is 0.116. The van der Waals surface area contributed by atoms with E-state index in [1.54, 1.807) is 16.9 Å². The van der Waals surface area contributed by atoms with Crippen LogP contribution in [0, 0.1) is 0 Å². The number of benzene rings is 1. The van der Waals surface area contributed by atoms with Crippen molar-refractivity contribution in [3.63, 3.8) is 0 Å². The molecule has 1 aliphatic rings. The van der Waals surface area contributed by atoms with Gasteiger partial charge in [-0.1, -0.05) is 30.3 Å². The Morgan fingerprint density at radius 3 is 2.81 bits per heavy atom. The SMILES string of the molecule is Cn1nccc1C(=O)N1CCCC1CCc1ccccc1. The molecule has 4 nitrogen and oxygen atoms in total. The molecule has 1 amide bonds. The lowest BCUT2D eigenvalue weighted by atomic mass is 10.0. The van der Waals surface area contributed by atoms with E-state index in [1.165, 1.54) is 5.56 Å². The molecular formula is C17H21N3O. The summed E-state index contributed by atoms with van der Waals surface area (Å²) in [5, 5.41) is 4.10. The van der Waals surface area contributed by atoms with Crippen LogP contribution in [-0.4, -0.2) is 33.2 Å². The molecular weight excluding hydrogens is 262 g/mol. The van der Waals surface area contributed by atoms with Gasteiger partial charge in [-0.2, -0.15) is 5.10 Å². The Labute approximate surface area is 125 Å². The summed E-state index contributed by atoms with van der Waals surface area (Å²) in [6, 6.07) is 12.6. The first-order valence-electron chi connectivity index (χ1n) is 7.58. The fraction of sp³-hybridized carbons (Fsp3) is 0.412. The Morgan fingerprint density at radius 1 is 1.29 bits per heavy atom. The van der Waals surface area contributed by atoms with Crippen molar-refractivity contribution in [3.8, 4) is 0 Å². The van der Waals surface area contributed by atoms with Gasteiger partial charge in [0.25, 0.3) is 5.91 Å². The highest BCUT2D eigenvalue weighted by atomic mass is 16.2. The van der Waals surface area contributed by atoms with Crippen LogP contribution in [0.2, 0.25) is 0 Å². The molecule has 1 saturated heterocycles. The highest BCUT2D eigenvalue weighted by Gasteiger charge is 2.30. The van der Waals surface area contributed by atoms with Crippen molar-refractivity contribution in [2.24, 2.45) is 7.05 Å². The Hall–Kier alpha value is -2.10. The van der Waals surface area contributed by atoms with Gasteiger partial charge in [-0.3, -0.25) is 9.48 Å². The minimum atomic E-state index is 0.116. The smallest absolute Gasteiger partial charge is 0.272 e. The number of carbonyl (C=O) groups is 1. The van der Waals surface area contributed by atoms with Crippen molar-refractivity contribution in [3.05, 3.63) is 53.9 Å². The molecule has 0 bridgehead atoms. The van der Waals surface area contributed by atoms with Crippen molar-refractivity contribution in [1.29, 1.82) is 0 Å². The van der Waals surface area contributed by atoms with Crippen LogP contribution in [0.3, 0.4) is 0 Å². The Kier molecular flexibility index (Phi) is 4.04. The van der Waals surface area contributed by atoms with E-state index in [-0.39, 0.29) is 5.91 Å². The van der Waals surface area contributed by atoms with Gasteiger partial charge < -0.3 is 4.90 Å². The summed E-state index contributed by atoms with van der Waals surface area (Å²) < 4.78 is 1.66. The molecule has 3 rings (SSSR count). The molecule has 4 heteroatoms. The zero-order valence-corrected chi connectivity index (χ0v) is 12.4. The zero-order valence-electron chi connectivity index (χ0n) is 12.4. The van der Waals surface area contributed by atoms with Gasteiger partial charge in [0.2, 0.25) is 0 Å². The van der Waals surface area contributed by atoms with E-state index in [0.29, 0.717) is 11.7 Å². The van der Waals surface area contributed by atoms with E-state index in [4.69, 9.17) is 0 Å². The number of nitrogens with zero attached hydrogens (tertiary/aromatic N) is 3. The minimum Gasteiger partial charge on any atom is -0.334 e. The maximum atomic E-state index is 12.6. The summed E-state index contributed by atoms with van der Waals surface area (Å²) in [6.07, 6.45) is 5.95. The number of aryl methyl sites for hydroxylation is 2. The zero-order chi connectivity index (χ0) is 14.7. The fourth-order valence-corrected chi connectivity index (χ4v) is 3.11. The molecule has 1 aromatic heterocycles. The summed E-state index contributed by atoms with van der Waals surface area (Å²) in [5.74, 6) is 0.116. The summed E-state index contributed by atoms with van der Waals surface area (Å²) in [7, 11) is 1.82. The number of hydrogen-bond donors (Lipinski definition) is 0. The van der Waals surface area contributed by atoms with E-state index in [1.807, 2.05) is 18.0 Å². The van der Waals surface area contributed by atoms with E-state index in [0.717, 1.165) is 32.2 Å². The predicted octanol–water partition coefficient (Wildman–Crippen LogP) is 2.66.